The highest BCUT2D eigenvalue weighted by Gasteiger charge is 2.32. The van der Waals surface area contributed by atoms with Gasteiger partial charge in [0.05, 0.1) is 18.1 Å². The van der Waals surface area contributed by atoms with Gasteiger partial charge in [-0.05, 0) is 19.4 Å². The minimum absolute atomic E-state index is 0.0357. The molecule has 1 atom stereocenters. The summed E-state index contributed by atoms with van der Waals surface area (Å²) < 4.78 is 28.4. The largest absolute Gasteiger partial charge is 0.478 e. The van der Waals surface area contributed by atoms with Crippen LogP contribution in [0.2, 0.25) is 0 Å². The Labute approximate surface area is 130 Å². The number of nitrogens with zero attached hydrogens (tertiary/aromatic N) is 2. The minimum Gasteiger partial charge on any atom is -0.478 e. The maximum absolute atomic E-state index is 12.1. The predicted molar refractivity (Wildman–Crippen MR) is 82.5 cm³/mol. The van der Waals surface area contributed by atoms with Crippen molar-refractivity contribution in [1.29, 1.82) is 0 Å². The SMILES string of the molecule is CCOc1ncccc1CNC(=O)N(C)[C@@H]1CCS(=O)(=O)C1. The summed E-state index contributed by atoms with van der Waals surface area (Å²) >= 11 is 0. The van der Waals surface area contributed by atoms with E-state index in [1.165, 1.54) is 4.90 Å². The second kappa shape index (κ2) is 6.95. The molecule has 2 amide bonds. The van der Waals surface area contributed by atoms with Crippen LogP contribution in [0.25, 0.3) is 0 Å². The number of hydrogen-bond donors (Lipinski definition) is 1. The molecule has 0 aromatic carbocycles. The second-order valence-corrected chi connectivity index (χ2v) is 7.46. The summed E-state index contributed by atoms with van der Waals surface area (Å²) in [6.45, 7) is 2.65. The van der Waals surface area contributed by atoms with Crippen LogP contribution in [0.3, 0.4) is 0 Å². The number of amides is 2. The van der Waals surface area contributed by atoms with E-state index >= 15 is 0 Å². The van der Waals surface area contributed by atoms with Gasteiger partial charge in [-0.1, -0.05) is 6.07 Å². The van der Waals surface area contributed by atoms with Crippen LogP contribution in [-0.2, 0) is 16.4 Å². The topological polar surface area (TPSA) is 88.6 Å². The standard InChI is InChI=1S/C14H21N3O4S/c1-3-21-13-11(5-4-7-15-13)9-16-14(18)17(2)12-6-8-22(19,20)10-12/h4-5,7,12H,3,6,8-10H2,1-2H3,(H,16,18)/t12-/m1/s1. The van der Waals surface area contributed by atoms with Crippen LogP contribution in [0, 0.1) is 0 Å². The molecular formula is C14H21N3O4S. The maximum atomic E-state index is 12.1. The summed E-state index contributed by atoms with van der Waals surface area (Å²) in [6.07, 6.45) is 2.12. The van der Waals surface area contributed by atoms with Gasteiger partial charge in [0.1, 0.15) is 0 Å². The van der Waals surface area contributed by atoms with Crippen molar-refractivity contribution < 1.29 is 17.9 Å². The average Bonchev–Trinajstić information content (AvgIpc) is 2.85. The third-order valence-corrected chi connectivity index (χ3v) is 5.39. The van der Waals surface area contributed by atoms with E-state index in [9.17, 15) is 13.2 Å². The number of rotatable bonds is 5. The van der Waals surface area contributed by atoms with E-state index in [1.54, 1.807) is 19.3 Å². The van der Waals surface area contributed by atoms with Gasteiger partial charge < -0.3 is 15.0 Å². The Kier molecular flexibility index (Phi) is 5.23. The normalized spacial score (nSPS) is 19.6. The lowest BCUT2D eigenvalue weighted by Gasteiger charge is -2.23. The van der Waals surface area contributed by atoms with Crippen LogP contribution in [0.1, 0.15) is 18.9 Å². The molecule has 8 heteroatoms. The Balaban J connectivity index is 1.93. The zero-order chi connectivity index (χ0) is 16.2. The van der Waals surface area contributed by atoms with Crippen molar-refractivity contribution in [1.82, 2.24) is 15.2 Å². The predicted octanol–water partition coefficient (Wildman–Crippen LogP) is 0.809. The first-order chi connectivity index (χ1) is 10.4. The highest BCUT2D eigenvalue weighted by atomic mass is 32.2. The lowest BCUT2D eigenvalue weighted by atomic mass is 10.2. The minimum atomic E-state index is -3.01. The fraction of sp³-hybridized carbons (Fsp3) is 0.571. The number of carbonyl (C=O) groups is 1. The molecular weight excluding hydrogens is 306 g/mol. The van der Waals surface area contributed by atoms with Gasteiger partial charge >= 0.3 is 6.03 Å². The lowest BCUT2D eigenvalue weighted by Crippen LogP contribution is -2.43. The quantitative estimate of drug-likeness (QED) is 0.864. The van der Waals surface area contributed by atoms with Crippen LogP contribution in [-0.4, -0.2) is 55.5 Å². The highest BCUT2D eigenvalue weighted by Crippen LogP contribution is 2.17. The lowest BCUT2D eigenvalue weighted by molar-refractivity contribution is 0.194. The maximum Gasteiger partial charge on any atom is 0.317 e. The first kappa shape index (κ1) is 16.5. The average molecular weight is 327 g/mol. The van der Waals surface area contributed by atoms with Gasteiger partial charge in [0.2, 0.25) is 5.88 Å². The van der Waals surface area contributed by atoms with E-state index in [-0.39, 0.29) is 30.1 Å². The van der Waals surface area contributed by atoms with Crippen molar-refractivity contribution in [2.75, 3.05) is 25.2 Å². The molecule has 1 aliphatic rings. The molecule has 7 nitrogen and oxygen atoms in total. The number of ether oxygens (including phenoxy) is 1. The van der Waals surface area contributed by atoms with Gasteiger partial charge in [0.25, 0.3) is 0 Å². The summed E-state index contributed by atoms with van der Waals surface area (Å²) in [4.78, 5) is 17.7. The Morgan fingerprint density at radius 2 is 2.32 bits per heavy atom. The van der Waals surface area contributed by atoms with Crippen LogP contribution < -0.4 is 10.1 Å². The van der Waals surface area contributed by atoms with Crippen molar-refractivity contribution in [2.24, 2.45) is 0 Å². The zero-order valence-electron chi connectivity index (χ0n) is 12.8. The fourth-order valence-corrected chi connectivity index (χ4v) is 4.14. The first-order valence-corrected chi connectivity index (χ1v) is 9.03. The molecule has 0 spiro atoms. The van der Waals surface area contributed by atoms with Crippen molar-refractivity contribution >= 4 is 15.9 Å². The second-order valence-electron chi connectivity index (χ2n) is 5.23. The van der Waals surface area contributed by atoms with Crippen LogP contribution in [0.5, 0.6) is 5.88 Å². The summed E-state index contributed by atoms with van der Waals surface area (Å²) in [5, 5.41) is 2.77. The van der Waals surface area contributed by atoms with E-state index in [0.29, 0.717) is 18.9 Å². The molecule has 22 heavy (non-hydrogen) atoms. The van der Waals surface area contributed by atoms with Gasteiger partial charge in [-0.3, -0.25) is 0 Å². The molecule has 0 saturated carbocycles. The Morgan fingerprint density at radius 3 is 2.95 bits per heavy atom. The molecule has 0 radical (unpaired) electrons. The number of carbonyl (C=O) groups excluding carboxylic acids is 1. The monoisotopic (exact) mass is 327 g/mol. The summed E-state index contributed by atoms with van der Waals surface area (Å²) in [6, 6.07) is 3.05. The van der Waals surface area contributed by atoms with Gasteiger partial charge in [-0.2, -0.15) is 0 Å². The van der Waals surface area contributed by atoms with Gasteiger partial charge in [0.15, 0.2) is 9.84 Å². The van der Waals surface area contributed by atoms with E-state index in [1.807, 2.05) is 13.0 Å². The molecule has 0 unspecified atom stereocenters. The molecule has 1 saturated heterocycles. The number of urea groups is 1. The third-order valence-electron chi connectivity index (χ3n) is 3.64. The molecule has 2 rings (SSSR count). The molecule has 0 bridgehead atoms. The van der Waals surface area contributed by atoms with Crippen molar-refractivity contribution in [3.05, 3.63) is 23.9 Å². The van der Waals surface area contributed by atoms with Gasteiger partial charge in [0, 0.05) is 31.4 Å². The van der Waals surface area contributed by atoms with Crippen LogP contribution >= 0.6 is 0 Å². The first-order valence-electron chi connectivity index (χ1n) is 7.20. The Bertz CT molecular complexity index is 633. The van der Waals surface area contributed by atoms with E-state index in [4.69, 9.17) is 4.74 Å². The van der Waals surface area contributed by atoms with Crippen molar-refractivity contribution in [3.8, 4) is 5.88 Å². The number of nitrogens with one attached hydrogen (secondary N) is 1. The third kappa shape index (κ3) is 4.09. The highest BCUT2D eigenvalue weighted by molar-refractivity contribution is 7.91. The fourth-order valence-electron chi connectivity index (χ4n) is 2.37. The molecule has 1 aromatic rings. The van der Waals surface area contributed by atoms with Gasteiger partial charge in [-0.25, -0.2) is 18.2 Å². The number of hydrogen-bond acceptors (Lipinski definition) is 5. The van der Waals surface area contributed by atoms with E-state index in [0.717, 1.165) is 5.56 Å². The van der Waals surface area contributed by atoms with E-state index in [2.05, 4.69) is 10.3 Å². The molecule has 1 fully saturated rings. The molecule has 0 aliphatic carbocycles. The molecule has 2 heterocycles. The number of aromatic nitrogens is 1. The zero-order valence-corrected chi connectivity index (χ0v) is 13.6. The summed E-state index contributed by atoms with van der Waals surface area (Å²) in [7, 11) is -1.39. The van der Waals surface area contributed by atoms with Crippen LogP contribution in [0.4, 0.5) is 4.79 Å². The number of pyridine rings is 1. The van der Waals surface area contributed by atoms with Crippen molar-refractivity contribution in [2.45, 2.75) is 25.9 Å². The Morgan fingerprint density at radius 1 is 1.55 bits per heavy atom. The molecule has 122 valence electrons. The molecule has 1 aliphatic heterocycles. The van der Waals surface area contributed by atoms with Crippen molar-refractivity contribution in [3.63, 3.8) is 0 Å². The number of sulfone groups is 1. The summed E-state index contributed by atoms with van der Waals surface area (Å²) in [5.41, 5.74) is 0.783. The van der Waals surface area contributed by atoms with Crippen LogP contribution in [0.15, 0.2) is 18.3 Å². The summed E-state index contributed by atoms with van der Waals surface area (Å²) in [5.74, 6) is 0.678. The Hall–Kier alpha value is -1.83. The smallest absolute Gasteiger partial charge is 0.317 e. The molecule has 1 aromatic heterocycles. The molecule has 1 N–H and O–H groups in total. The van der Waals surface area contributed by atoms with Gasteiger partial charge in [-0.15, -0.1) is 0 Å². The van der Waals surface area contributed by atoms with E-state index < -0.39 is 9.84 Å².